The minimum Gasteiger partial charge on any atom is -0.492 e. The van der Waals surface area contributed by atoms with Crippen molar-refractivity contribution in [3.8, 4) is 28.8 Å². The van der Waals surface area contributed by atoms with E-state index in [0.717, 1.165) is 10.8 Å². The molecule has 2 nitrogen and oxygen atoms in total. The average molecular weight is 403 g/mol. The van der Waals surface area contributed by atoms with Crippen LogP contribution < -0.4 is 4.74 Å². The quantitative estimate of drug-likeness (QED) is 0.385. The first-order chi connectivity index (χ1) is 14.5. The maximum absolute atomic E-state index is 14.6. The van der Waals surface area contributed by atoms with Gasteiger partial charge in [0.15, 0.2) is 0 Å². The monoisotopic (exact) mass is 403 g/mol. The van der Waals surface area contributed by atoms with E-state index in [1.807, 2.05) is 6.92 Å². The number of pyridine rings is 1. The molecule has 0 aliphatic carbocycles. The summed E-state index contributed by atoms with van der Waals surface area (Å²) in [6.07, 6.45) is 1.51. The lowest BCUT2D eigenvalue weighted by Crippen LogP contribution is -1.95. The fourth-order valence-electron chi connectivity index (χ4n) is 3.07. The number of fused-ring (bicyclic) bond motifs is 1. The summed E-state index contributed by atoms with van der Waals surface area (Å²) in [7, 11) is 0. The van der Waals surface area contributed by atoms with Gasteiger partial charge < -0.3 is 4.74 Å². The van der Waals surface area contributed by atoms with Crippen LogP contribution in [-0.2, 0) is 0 Å². The van der Waals surface area contributed by atoms with Crippen molar-refractivity contribution in [1.29, 1.82) is 0 Å². The lowest BCUT2D eigenvalue weighted by molar-refractivity contribution is 0.339. The number of hydrogen-bond donors (Lipinski definition) is 0. The van der Waals surface area contributed by atoms with Crippen LogP contribution in [-0.4, -0.2) is 11.6 Å². The Hall–Kier alpha value is -3.78. The van der Waals surface area contributed by atoms with Crippen molar-refractivity contribution in [2.45, 2.75) is 6.92 Å². The van der Waals surface area contributed by atoms with Gasteiger partial charge in [-0.05, 0) is 66.2 Å². The van der Waals surface area contributed by atoms with Gasteiger partial charge in [0.05, 0.1) is 24.1 Å². The highest BCUT2D eigenvalue weighted by molar-refractivity contribution is 5.84. The number of aromatic nitrogens is 1. The van der Waals surface area contributed by atoms with Crippen molar-refractivity contribution in [1.82, 2.24) is 4.98 Å². The molecule has 0 amide bonds. The molecule has 1 heterocycles. The second-order valence-electron chi connectivity index (χ2n) is 6.58. The first-order valence-corrected chi connectivity index (χ1v) is 9.33. The maximum atomic E-state index is 14.6. The summed E-state index contributed by atoms with van der Waals surface area (Å²) in [5, 5.41) is 1.52. The van der Waals surface area contributed by atoms with Gasteiger partial charge in [-0.1, -0.05) is 24.0 Å². The Labute approximate surface area is 172 Å². The highest BCUT2D eigenvalue weighted by Crippen LogP contribution is 2.24. The molecule has 0 atom stereocenters. The van der Waals surface area contributed by atoms with E-state index in [1.165, 1.54) is 30.5 Å². The topological polar surface area (TPSA) is 22.1 Å². The fraction of sp³-hybridized carbons (Fsp3) is 0.0800. The van der Waals surface area contributed by atoms with E-state index in [4.69, 9.17) is 4.74 Å². The zero-order chi connectivity index (χ0) is 21.1. The van der Waals surface area contributed by atoms with Crippen molar-refractivity contribution in [2.24, 2.45) is 0 Å². The molecular formula is C25H16F3NO. The van der Waals surface area contributed by atoms with Gasteiger partial charge in [0.1, 0.15) is 23.2 Å². The predicted molar refractivity (Wildman–Crippen MR) is 111 cm³/mol. The number of rotatable bonds is 3. The summed E-state index contributed by atoms with van der Waals surface area (Å²) < 4.78 is 47.7. The largest absolute Gasteiger partial charge is 0.492 e. The molecule has 30 heavy (non-hydrogen) atoms. The van der Waals surface area contributed by atoms with Crippen LogP contribution in [0.5, 0.6) is 5.75 Å². The third-order valence-corrected chi connectivity index (χ3v) is 4.52. The summed E-state index contributed by atoms with van der Waals surface area (Å²) in [5.41, 5.74) is 0.998. The molecule has 4 rings (SSSR count). The van der Waals surface area contributed by atoms with Gasteiger partial charge >= 0.3 is 0 Å². The molecule has 0 spiro atoms. The van der Waals surface area contributed by atoms with Gasteiger partial charge in [-0.15, -0.1) is 0 Å². The summed E-state index contributed by atoms with van der Waals surface area (Å²) >= 11 is 0. The Balaban J connectivity index is 1.64. The van der Waals surface area contributed by atoms with Crippen molar-refractivity contribution < 1.29 is 17.9 Å². The molecule has 0 N–H and O–H groups in total. The molecule has 0 fully saturated rings. The van der Waals surface area contributed by atoms with Gasteiger partial charge in [-0.25, -0.2) is 13.2 Å². The van der Waals surface area contributed by atoms with Gasteiger partial charge in [-0.2, -0.15) is 0 Å². The van der Waals surface area contributed by atoms with E-state index >= 15 is 0 Å². The molecule has 3 aromatic carbocycles. The number of benzene rings is 3. The summed E-state index contributed by atoms with van der Waals surface area (Å²) in [5.74, 6) is 4.06. The van der Waals surface area contributed by atoms with Crippen LogP contribution in [0.3, 0.4) is 0 Å². The number of hydrogen-bond acceptors (Lipinski definition) is 2. The number of halogens is 3. The molecule has 1 aromatic heterocycles. The number of nitrogens with zero attached hydrogens (tertiary/aromatic N) is 1. The Morgan fingerprint density at radius 1 is 0.833 bits per heavy atom. The van der Waals surface area contributed by atoms with Crippen molar-refractivity contribution in [3.63, 3.8) is 0 Å². The Morgan fingerprint density at radius 2 is 1.57 bits per heavy atom. The molecule has 4 aromatic rings. The zero-order valence-electron chi connectivity index (χ0n) is 16.0. The van der Waals surface area contributed by atoms with Crippen LogP contribution in [0.2, 0.25) is 0 Å². The third kappa shape index (κ3) is 4.13. The standard InChI is InChI=1S/C25H16F3NO/c1-2-30-21-8-10-25(29-15-21)19-13-23(27)22(24(28)14-19)9-4-16-3-5-18-12-20(26)7-6-17(18)11-16/h3,5-8,10-15H,2H2,1H3. The normalized spacial score (nSPS) is 10.5. The predicted octanol–water partition coefficient (Wildman–Crippen LogP) is 6.12. The molecule has 0 aliphatic rings. The van der Waals surface area contributed by atoms with Gasteiger partial charge in [-0.3, -0.25) is 4.98 Å². The fourth-order valence-corrected chi connectivity index (χ4v) is 3.07. The van der Waals surface area contributed by atoms with E-state index < -0.39 is 11.6 Å². The van der Waals surface area contributed by atoms with Crippen LogP contribution in [0.25, 0.3) is 22.0 Å². The van der Waals surface area contributed by atoms with Crippen LogP contribution in [0.4, 0.5) is 13.2 Å². The van der Waals surface area contributed by atoms with Crippen LogP contribution in [0.1, 0.15) is 18.1 Å². The first-order valence-electron chi connectivity index (χ1n) is 9.33. The molecule has 0 radical (unpaired) electrons. The minimum absolute atomic E-state index is 0.311. The molecule has 0 unspecified atom stereocenters. The van der Waals surface area contributed by atoms with E-state index in [9.17, 15) is 13.2 Å². The van der Waals surface area contributed by atoms with Crippen molar-refractivity contribution in [3.05, 3.63) is 95.4 Å². The molecule has 0 saturated carbocycles. The van der Waals surface area contributed by atoms with E-state index in [-0.39, 0.29) is 11.4 Å². The molecule has 0 bridgehead atoms. The Morgan fingerprint density at radius 3 is 2.27 bits per heavy atom. The zero-order valence-corrected chi connectivity index (χ0v) is 16.0. The molecule has 5 heteroatoms. The van der Waals surface area contributed by atoms with Crippen molar-refractivity contribution in [2.75, 3.05) is 6.61 Å². The second-order valence-corrected chi connectivity index (χ2v) is 6.58. The smallest absolute Gasteiger partial charge is 0.142 e. The summed E-state index contributed by atoms with van der Waals surface area (Å²) in [4.78, 5) is 4.19. The lowest BCUT2D eigenvalue weighted by atomic mass is 10.1. The highest BCUT2D eigenvalue weighted by Gasteiger charge is 2.11. The van der Waals surface area contributed by atoms with E-state index in [0.29, 0.717) is 29.2 Å². The van der Waals surface area contributed by atoms with E-state index in [2.05, 4.69) is 16.8 Å². The number of ether oxygens (including phenoxy) is 1. The average Bonchev–Trinajstić information content (AvgIpc) is 2.74. The van der Waals surface area contributed by atoms with E-state index in [1.54, 1.807) is 36.4 Å². The van der Waals surface area contributed by atoms with Crippen LogP contribution >= 0.6 is 0 Å². The SMILES string of the molecule is CCOc1ccc(-c2cc(F)c(C#Cc3ccc4cc(F)ccc4c3)c(F)c2)nc1. The summed E-state index contributed by atoms with van der Waals surface area (Å²) in [6, 6.07) is 15.3. The summed E-state index contributed by atoms with van der Waals surface area (Å²) in [6.45, 7) is 2.36. The first kappa shape index (κ1) is 19.5. The highest BCUT2D eigenvalue weighted by atomic mass is 19.1. The van der Waals surface area contributed by atoms with Crippen LogP contribution in [0, 0.1) is 29.3 Å². The lowest BCUT2D eigenvalue weighted by Gasteiger charge is -2.06. The van der Waals surface area contributed by atoms with Gasteiger partial charge in [0, 0.05) is 11.1 Å². The second kappa shape index (κ2) is 8.30. The maximum Gasteiger partial charge on any atom is 0.142 e. The molecule has 0 saturated heterocycles. The molecule has 0 aliphatic heterocycles. The Kier molecular flexibility index (Phi) is 5.40. The van der Waals surface area contributed by atoms with Crippen LogP contribution in [0.15, 0.2) is 66.9 Å². The van der Waals surface area contributed by atoms with Gasteiger partial charge in [0.2, 0.25) is 0 Å². The third-order valence-electron chi connectivity index (χ3n) is 4.52. The van der Waals surface area contributed by atoms with Crippen molar-refractivity contribution >= 4 is 10.8 Å². The molecule has 148 valence electrons. The minimum atomic E-state index is -0.768. The molecular weight excluding hydrogens is 387 g/mol. The van der Waals surface area contributed by atoms with Gasteiger partial charge in [0.25, 0.3) is 0 Å². The Bertz CT molecular complexity index is 1260.